The van der Waals surface area contributed by atoms with Crippen LogP contribution in [0.15, 0.2) is 42.5 Å². The summed E-state index contributed by atoms with van der Waals surface area (Å²) in [7, 11) is 4.13. The van der Waals surface area contributed by atoms with Gasteiger partial charge in [-0.2, -0.15) is 0 Å². The van der Waals surface area contributed by atoms with Crippen LogP contribution >= 0.6 is 0 Å². The molecular weight excluding hydrogens is 362 g/mol. The molecule has 0 bridgehead atoms. The summed E-state index contributed by atoms with van der Waals surface area (Å²) in [6.45, 7) is 3.83. The number of carbonyl (C=O) groups is 1. The van der Waals surface area contributed by atoms with Crippen molar-refractivity contribution in [3.05, 3.63) is 53.6 Å². The smallest absolute Gasteiger partial charge is 0.179 e. The Kier molecular flexibility index (Phi) is 5.27. The number of anilines is 1. The van der Waals surface area contributed by atoms with Gasteiger partial charge in [0.2, 0.25) is 0 Å². The van der Waals surface area contributed by atoms with Crippen molar-refractivity contribution >= 4 is 33.9 Å². The highest BCUT2D eigenvalue weighted by Crippen LogP contribution is 2.30. The molecule has 148 valence electrons. The average Bonchev–Trinajstić information content (AvgIpc) is 3.08. The summed E-state index contributed by atoms with van der Waals surface area (Å²) in [5.74, 6) is 1.31. The van der Waals surface area contributed by atoms with Gasteiger partial charge in [0.15, 0.2) is 12.1 Å². The van der Waals surface area contributed by atoms with E-state index in [-0.39, 0.29) is 0 Å². The van der Waals surface area contributed by atoms with Gasteiger partial charge >= 0.3 is 0 Å². The SMILES string of the molecule is Cc1ccc2[nH]c(-c3nc(NCCCN(C)C)c4ccccc4n3)c(C=O)c2c1. The summed E-state index contributed by atoms with van der Waals surface area (Å²) in [4.78, 5) is 26.9. The van der Waals surface area contributed by atoms with E-state index in [9.17, 15) is 4.79 Å². The number of nitrogens with one attached hydrogen (secondary N) is 2. The normalized spacial score (nSPS) is 11.4. The molecule has 29 heavy (non-hydrogen) atoms. The minimum Gasteiger partial charge on any atom is -0.369 e. The number of aromatic amines is 1. The first-order valence-electron chi connectivity index (χ1n) is 9.80. The summed E-state index contributed by atoms with van der Waals surface area (Å²) in [5, 5.41) is 5.32. The summed E-state index contributed by atoms with van der Waals surface area (Å²) in [6.07, 6.45) is 1.89. The molecule has 4 aromatic rings. The van der Waals surface area contributed by atoms with Crippen molar-refractivity contribution in [3.8, 4) is 11.5 Å². The van der Waals surface area contributed by atoms with Crippen LogP contribution in [0.1, 0.15) is 22.3 Å². The zero-order valence-corrected chi connectivity index (χ0v) is 17.0. The molecule has 0 amide bonds. The van der Waals surface area contributed by atoms with Gasteiger partial charge in [-0.25, -0.2) is 9.97 Å². The lowest BCUT2D eigenvalue weighted by molar-refractivity contribution is 0.112. The Balaban J connectivity index is 1.80. The number of rotatable bonds is 7. The number of aryl methyl sites for hydroxylation is 1. The number of carbonyl (C=O) groups excluding carboxylic acids is 1. The molecule has 2 aromatic carbocycles. The Morgan fingerprint density at radius 1 is 1.10 bits per heavy atom. The van der Waals surface area contributed by atoms with E-state index in [0.717, 1.165) is 59.0 Å². The van der Waals surface area contributed by atoms with Crippen LogP contribution in [-0.4, -0.2) is 53.3 Å². The fourth-order valence-corrected chi connectivity index (χ4v) is 3.55. The third-order valence-corrected chi connectivity index (χ3v) is 5.01. The zero-order valence-electron chi connectivity index (χ0n) is 17.0. The lowest BCUT2D eigenvalue weighted by Gasteiger charge is -2.12. The molecule has 0 saturated heterocycles. The molecule has 0 saturated carbocycles. The topological polar surface area (TPSA) is 73.9 Å². The van der Waals surface area contributed by atoms with E-state index < -0.39 is 0 Å². The van der Waals surface area contributed by atoms with E-state index in [2.05, 4.69) is 29.3 Å². The van der Waals surface area contributed by atoms with Crippen molar-refractivity contribution in [2.45, 2.75) is 13.3 Å². The molecule has 0 aliphatic carbocycles. The first-order valence-corrected chi connectivity index (χ1v) is 9.80. The standard InChI is InChI=1S/C23H25N5O/c1-15-9-10-20-17(13-15)18(14-29)21(25-20)23-26-19-8-5-4-7-16(19)22(27-23)24-11-6-12-28(2)3/h4-5,7-10,13-14,25H,6,11-12H2,1-3H3,(H,24,26,27). The van der Waals surface area contributed by atoms with Crippen molar-refractivity contribution in [2.24, 2.45) is 0 Å². The summed E-state index contributed by atoms with van der Waals surface area (Å²) < 4.78 is 0. The van der Waals surface area contributed by atoms with Crippen LogP contribution < -0.4 is 5.32 Å². The summed E-state index contributed by atoms with van der Waals surface area (Å²) in [5.41, 5.74) is 4.11. The number of fused-ring (bicyclic) bond motifs is 2. The van der Waals surface area contributed by atoms with Crippen LogP contribution in [0.25, 0.3) is 33.3 Å². The maximum absolute atomic E-state index is 11.9. The number of hydrogen-bond acceptors (Lipinski definition) is 5. The van der Waals surface area contributed by atoms with Crippen LogP contribution in [0.2, 0.25) is 0 Å². The second kappa shape index (κ2) is 8.01. The van der Waals surface area contributed by atoms with Gasteiger partial charge in [-0.05, 0) is 58.3 Å². The fourth-order valence-electron chi connectivity index (χ4n) is 3.55. The fraction of sp³-hybridized carbons (Fsp3) is 0.261. The number of aldehydes is 1. The van der Waals surface area contributed by atoms with Gasteiger partial charge < -0.3 is 15.2 Å². The van der Waals surface area contributed by atoms with Crippen LogP contribution in [0.5, 0.6) is 0 Å². The average molecular weight is 387 g/mol. The third kappa shape index (κ3) is 3.84. The van der Waals surface area contributed by atoms with E-state index >= 15 is 0 Å². The number of nitrogens with zero attached hydrogens (tertiary/aromatic N) is 3. The first kappa shape index (κ1) is 19.1. The lowest BCUT2D eigenvalue weighted by Crippen LogP contribution is -2.17. The van der Waals surface area contributed by atoms with Gasteiger partial charge in [0, 0.05) is 22.8 Å². The Bertz CT molecular complexity index is 1180. The highest BCUT2D eigenvalue weighted by Gasteiger charge is 2.17. The van der Waals surface area contributed by atoms with E-state index in [0.29, 0.717) is 17.1 Å². The van der Waals surface area contributed by atoms with Crippen molar-refractivity contribution in [2.75, 3.05) is 32.5 Å². The van der Waals surface area contributed by atoms with Gasteiger partial charge in [-0.1, -0.05) is 23.8 Å². The largest absolute Gasteiger partial charge is 0.369 e. The van der Waals surface area contributed by atoms with Crippen LogP contribution in [0.3, 0.4) is 0 Å². The van der Waals surface area contributed by atoms with Crippen molar-refractivity contribution in [3.63, 3.8) is 0 Å². The van der Waals surface area contributed by atoms with E-state index in [1.54, 1.807) is 0 Å². The monoisotopic (exact) mass is 387 g/mol. The molecule has 0 aliphatic heterocycles. The number of para-hydroxylation sites is 1. The van der Waals surface area contributed by atoms with Gasteiger partial charge in [0.05, 0.1) is 16.8 Å². The molecular formula is C23H25N5O. The molecule has 0 atom stereocenters. The number of hydrogen-bond donors (Lipinski definition) is 2. The molecule has 0 unspecified atom stereocenters. The highest BCUT2D eigenvalue weighted by atomic mass is 16.1. The molecule has 2 heterocycles. The number of benzene rings is 2. The number of aromatic nitrogens is 3. The van der Waals surface area contributed by atoms with Gasteiger partial charge in [-0.3, -0.25) is 4.79 Å². The van der Waals surface area contributed by atoms with E-state index in [1.807, 2.05) is 49.4 Å². The van der Waals surface area contributed by atoms with Crippen LogP contribution in [-0.2, 0) is 0 Å². The van der Waals surface area contributed by atoms with Crippen LogP contribution in [0.4, 0.5) is 5.82 Å². The quantitative estimate of drug-likeness (QED) is 0.366. The molecule has 6 heteroatoms. The minimum absolute atomic E-state index is 0.523. The second-order valence-electron chi connectivity index (χ2n) is 7.58. The van der Waals surface area contributed by atoms with Crippen LogP contribution in [0, 0.1) is 6.92 Å². The Morgan fingerprint density at radius 2 is 1.93 bits per heavy atom. The Hall–Kier alpha value is -3.25. The Labute approximate surface area is 170 Å². The maximum atomic E-state index is 11.9. The van der Waals surface area contributed by atoms with E-state index in [1.165, 1.54) is 0 Å². The first-order chi connectivity index (χ1) is 14.1. The highest BCUT2D eigenvalue weighted by molar-refractivity contribution is 6.04. The minimum atomic E-state index is 0.523. The van der Waals surface area contributed by atoms with E-state index in [4.69, 9.17) is 9.97 Å². The van der Waals surface area contributed by atoms with Crippen molar-refractivity contribution in [1.29, 1.82) is 0 Å². The molecule has 4 rings (SSSR count). The molecule has 0 radical (unpaired) electrons. The molecule has 2 N–H and O–H groups in total. The van der Waals surface area contributed by atoms with Crippen molar-refractivity contribution < 1.29 is 4.79 Å². The van der Waals surface area contributed by atoms with Gasteiger partial charge in [-0.15, -0.1) is 0 Å². The Morgan fingerprint density at radius 3 is 2.72 bits per heavy atom. The predicted molar refractivity (Wildman–Crippen MR) is 119 cm³/mol. The molecule has 6 nitrogen and oxygen atoms in total. The van der Waals surface area contributed by atoms with Gasteiger partial charge in [0.1, 0.15) is 5.82 Å². The lowest BCUT2D eigenvalue weighted by atomic mass is 10.1. The number of H-pyrrole nitrogens is 1. The third-order valence-electron chi connectivity index (χ3n) is 5.01. The maximum Gasteiger partial charge on any atom is 0.179 e. The second-order valence-corrected chi connectivity index (χ2v) is 7.58. The molecule has 0 fully saturated rings. The molecule has 0 aliphatic rings. The van der Waals surface area contributed by atoms with Crippen molar-refractivity contribution in [1.82, 2.24) is 19.9 Å². The molecule has 2 aromatic heterocycles. The zero-order chi connectivity index (χ0) is 20.4. The summed E-state index contributed by atoms with van der Waals surface area (Å²) in [6, 6.07) is 14.0. The summed E-state index contributed by atoms with van der Waals surface area (Å²) >= 11 is 0. The predicted octanol–water partition coefficient (Wildman–Crippen LogP) is 4.26. The molecule has 0 spiro atoms. The van der Waals surface area contributed by atoms with Gasteiger partial charge in [0.25, 0.3) is 0 Å².